The van der Waals surface area contributed by atoms with Crippen LogP contribution in [-0.2, 0) is 5.60 Å². The summed E-state index contributed by atoms with van der Waals surface area (Å²) < 4.78 is 5.08. The summed E-state index contributed by atoms with van der Waals surface area (Å²) in [6, 6.07) is 5.49. The molecule has 82 valence electrons. The van der Waals surface area contributed by atoms with Gasteiger partial charge in [-0.2, -0.15) is 11.8 Å². The summed E-state index contributed by atoms with van der Waals surface area (Å²) in [6.07, 6.45) is 0.792. The van der Waals surface area contributed by atoms with E-state index in [1.807, 2.05) is 6.07 Å². The second kappa shape index (κ2) is 4.24. The summed E-state index contributed by atoms with van der Waals surface area (Å²) in [7, 11) is 1.58. The highest BCUT2D eigenvalue weighted by Crippen LogP contribution is 2.39. The van der Waals surface area contributed by atoms with Gasteiger partial charge in [0.15, 0.2) is 0 Å². The number of methoxy groups -OCH3 is 1. The Bertz CT molecular complexity index is 362. The van der Waals surface area contributed by atoms with E-state index in [9.17, 15) is 5.11 Å². The maximum absolute atomic E-state index is 10.3. The highest BCUT2D eigenvalue weighted by molar-refractivity contribution is 7.99. The van der Waals surface area contributed by atoms with Crippen LogP contribution in [-0.4, -0.2) is 23.7 Å². The van der Waals surface area contributed by atoms with Gasteiger partial charge < -0.3 is 9.84 Å². The van der Waals surface area contributed by atoms with Crippen LogP contribution < -0.4 is 4.74 Å². The predicted octanol–water partition coefficient (Wildman–Crippen LogP) is 2.67. The molecule has 4 heteroatoms. The smallest absolute Gasteiger partial charge is 0.137 e. The van der Waals surface area contributed by atoms with Gasteiger partial charge in [-0.05, 0) is 29.9 Å². The number of ether oxygens (including phenoxy) is 1. The van der Waals surface area contributed by atoms with Crippen molar-refractivity contribution in [3.05, 3.63) is 28.8 Å². The summed E-state index contributed by atoms with van der Waals surface area (Å²) >= 11 is 7.79. The summed E-state index contributed by atoms with van der Waals surface area (Å²) in [5.41, 5.74) is 0.180. The molecule has 0 amide bonds. The quantitative estimate of drug-likeness (QED) is 0.868. The minimum absolute atomic E-state index is 0.556. The number of hydrogen-bond acceptors (Lipinski definition) is 3. The largest absolute Gasteiger partial charge is 0.495 e. The molecule has 15 heavy (non-hydrogen) atoms. The van der Waals surface area contributed by atoms with Gasteiger partial charge in [0.05, 0.1) is 17.7 Å². The van der Waals surface area contributed by atoms with E-state index in [1.54, 1.807) is 31.0 Å². The zero-order valence-electron chi connectivity index (χ0n) is 8.50. The van der Waals surface area contributed by atoms with Gasteiger partial charge in [0.25, 0.3) is 0 Å². The lowest BCUT2D eigenvalue weighted by Crippen LogP contribution is -2.24. The molecule has 0 aliphatic carbocycles. The molecule has 1 atom stereocenters. The molecule has 0 bridgehead atoms. The molecule has 1 aliphatic rings. The lowest BCUT2D eigenvalue weighted by molar-refractivity contribution is 0.0657. The van der Waals surface area contributed by atoms with Crippen molar-refractivity contribution in [2.75, 3.05) is 18.6 Å². The average molecular weight is 245 g/mol. The topological polar surface area (TPSA) is 29.5 Å². The zero-order valence-corrected chi connectivity index (χ0v) is 10.1. The molecule has 1 saturated heterocycles. The Morgan fingerprint density at radius 3 is 2.87 bits per heavy atom. The molecule has 1 aliphatic heterocycles. The van der Waals surface area contributed by atoms with Crippen molar-refractivity contribution in [2.45, 2.75) is 12.0 Å². The van der Waals surface area contributed by atoms with E-state index >= 15 is 0 Å². The van der Waals surface area contributed by atoms with E-state index in [4.69, 9.17) is 16.3 Å². The van der Waals surface area contributed by atoms with Crippen LogP contribution in [0.25, 0.3) is 0 Å². The Labute approximate surface area is 98.6 Å². The van der Waals surface area contributed by atoms with Crippen LogP contribution in [0.5, 0.6) is 5.75 Å². The summed E-state index contributed by atoms with van der Waals surface area (Å²) in [5, 5.41) is 10.9. The third kappa shape index (κ3) is 2.10. The fraction of sp³-hybridized carbons (Fsp3) is 0.455. The number of hydrogen-bond donors (Lipinski definition) is 1. The van der Waals surface area contributed by atoms with Crippen LogP contribution in [0.15, 0.2) is 18.2 Å². The Morgan fingerprint density at radius 2 is 2.33 bits per heavy atom. The van der Waals surface area contributed by atoms with Crippen LogP contribution in [0.4, 0.5) is 0 Å². The van der Waals surface area contributed by atoms with Crippen LogP contribution in [0.1, 0.15) is 12.0 Å². The van der Waals surface area contributed by atoms with E-state index in [0.717, 1.165) is 23.5 Å². The fourth-order valence-corrected chi connectivity index (χ4v) is 3.27. The first-order chi connectivity index (χ1) is 7.15. The van der Waals surface area contributed by atoms with Gasteiger partial charge in [0.1, 0.15) is 5.75 Å². The third-order valence-corrected chi connectivity index (χ3v) is 4.16. The molecule has 1 unspecified atom stereocenters. The predicted molar refractivity (Wildman–Crippen MR) is 63.8 cm³/mol. The maximum Gasteiger partial charge on any atom is 0.137 e. The monoisotopic (exact) mass is 244 g/mol. The first kappa shape index (κ1) is 11.1. The summed E-state index contributed by atoms with van der Waals surface area (Å²) in [4.78, 5) is 0. The Hall–Kier alpha value is -0.380. The van der Waals surface area contributed by atoms with Gasteiger partial charge in [-0.1, -0.05) is 17.7 Å². The van der Waals surface area contributed by atoms with Gasteiger partial charge in [-0.25, -0.2) is 0 Å². The van der Waals surface area contributed by atoms with Gasteiger partial charge in [-0.15, -0.1) is 0 Å². The molecule has 1 fully saturated rings. The zero-order chi connectivity index (χ0) is 10.9. The van der Waals surface area contributed by atoms with Crippen molar-refractivity contribution < 1.29 is 9.84 Å². The van der Waals surface area contributed by atoms with Crippen molar-refractivity contribution in [2.24, 2.45) is 0 Å². The average Bonchev–Trinajstić information content (AvgIpc) is 2.66. The molecule has 0 radical (unpaired) electrons. The van der Waals surface area contributed by atoms with E-state index in [0.29, 0.717) is 10.8 Å². The lowest BCUT2D eigenvalue weighted by atomic mass is 9.93. The standard InChI is InChI=1S/C11H13ClO2S/c1-14-10-3-2-8(6-9(10)12)11(13)4-5-15-7-11/h2-3,6,13H,4-5,7H2,1H3. The first-order valence-electron chi connectivity index (χ1n) is 4.80. The van der Waals surface area contributed by atoms with Crippen molar-refractivity contribution in [1.29, 1.82) is 0 Å². The number of aliphatic hydroxyl groups is 1. The molecule has 0 saturated carbocycles. The van der Waals surface area contributed by atoms with Crippen LogP contribution in [0, 0.1) is 0 Å². The van der Waals surface area contributed by atoms with Crippen molar-refractivity contribution in [3.8, 4) is 5.75 Å². The summed E-state index contributed by atoms with van der Waals surface area (Å²) in [6.45, 7) is 0. The SMILES string of the molecule is COc1ccc(C2(O)CCSC2)cc1Cl. The van der Waals surface area contributed by atoms with Crippen molar-refractivity contribution in [3.63, 3.8) is 0 Å². The third-order valence-electron chi connectivity index (χ3n) is 2.69. The van der Waals surface area contributed by atoms with E-state index < -0.39 is 5.60 Å². The molecule has 0 aromatic heterocycles. The van der Waals surface area contributed by atoms with E-state index in [2.05, 4.69) is 0 Å². The molecule has 2 rings (SSSR count). The number of benzene rings is 1. The van der Waals surface area contributed by atoms with Crippen molar-refractivity contribution >= 4 is 23.4 Å². The fourth-order valence-electron chi connectivity index (χ4n) is 1.74. The maximum atomic E-state index is 10.3. The lowest BCUT2D eigenvalue weighted by Gasteiger charge is -2.22. The van der Waals surface area contributed by atoms with Gasteiger partial charge in [0.2, 0.25) is 0 Å². The number of rotatable bonds is 2. The highest BCUT2D eigenvalue weighted by Gasteiger charge is 2.33. The van der Waals surface area contributed by atoms with Crippen LogP contribution in [0.3, 0.4) is 0 Å². The van der Waals surface area contributed by atoms with Gasteiger partial charge in [-0.3, -0.25) is 0 Å². The van der Waals surface area contributed by atoms with Crippen LogP contribution >= 0.6 is 23.4 Å². The normalized spacial score (nSPS) is 25.5. The second-order valence-corrected chi connectivity index (χ2v) is 5.20. The highest BCUT2D eigenvalue weighted by atomic mass is 35.5. The molecule has 0 spiro atoms. The number of halogens is 1. The van der Waals surface area contributed by atoms with Gasteiger partial charge in [0, 0.05) is 5.75 Å². The second-order valence-electron chi connectivity index (χ2n) is 3.68. The molecule has 1 aromatic rings. The minimum Gasteiger partial charge on any atom is -0.495 e. The Kier molecular flexibility index (Phi) is 3.14. The molecule has 1 heterocycles. The molecular weight excluding hydrogens is 232 g/mol. The van der Waals surface area contributed by atoms with Gasteiger partial charge >= 0.3 is 0 Å². The summed E-state index contributed by atoms with van der Waals surface area (Å²) in [5.74, 6) is 2.39. The van der Waals surface area contributed by atoms with E-state index in [1.165, 1.54) is 0 Å². The molecular formula is C11H13ClO2S. The Morgan fingerprint density at radius 1 is 1.53 bits per heavy atom. The van der Waals surface area contributed by atoms with E-state index in [-0.39, 0.29) is 0 Å². The minimum atomic E-state index is -0.708. The molecule has 1 aromatic carbocycles. The van der Waals surface area contributed by atoms with Crippen LogP contribution in [0.2, 0.25) is 5.02 Å². The van der Waals surface area contributed by atoms with Crippen molar-refractivity contribution in [1.82, 2.24) is 0 Å². The Balaban J connectivity index is 2.33. The molecule has 1 N–H and O–H groups in total. The number of thioether (sulfide) groups is 1. The first-order valence-corrected chi connectivity index (χ1v) is 6.33. The molecule has 2 nitrogen and oxygen atoms in total.